The van der Waals surface area contributed by atoms with Crippen LogP contribution >= 0.6 is 0 Å². The number of hydrogen-bond acceptors (Lipinski definition) is 7. The third kappa shape index (κ3) is 6.24. The molecule has 5 rings (SSSR count). The third-order valence-electron chi connectivity index (χ3n) is 7.90. The van der Waals surface area contributed by atoms with Crippen LogP contribution in [0.3, 0.4) is 0 Å². The van der Waals surface area contributed by atoms with Crippen molar-refractivity contribution in [2.75, 3.05) is 11.9 Å². The molecule has 1 fully saturated rings. The molecule has 2 heterocycles. The number of nitrogens with two attached hydrogens (primary N) is 1. The molecule has 1 saturated heterocycles. The summed E-state index contributed by atoms with van der Waals surface area (Å²) in [6.07, 6.45) is 0.424. The molecule has 1 aliphatic heterocycles. The minimum Gasteiger partial charge on any atom is -0.402 e. The summed E-state index contributed by atoms with van der Waals surface area (Å²) in [6, 6.07) is 29.5. The van der Waals surface area contributed by atoms with Gasteiger partial charge >= 0.3 is 5.69 Å². The van der Waals surface area contributed by atoms with Crippen LogP contribution in [0.25, 0.3) is 0 Å². The lowest BCUT2D eigenvalue weighted by Gasteiger charge is -2.45. The second-order valence-corrected chi connectivity index (χ2v) is 16.1. The van der Waals surface area contributed by atoms with E-state index in [9.17, 15) is 9.59 Å². The van der Waals surface area contributed by atoms with Gasteiger partial charge in [-0.2, -0.15) is 4.98 Å². The van der Waals surface area contributed by atoms with E-state index < -0.39 is 32.4 Å². The van der Waals surface area contributed by atoms with Crippen LogP contribution in [0.5, 0.6) is 0 Å². The van der Waals surface area contributed by atoms with E-state index >= 15 is 0 Å². The molecular formula is C33H38N4O5Si. The van der Waals surface area contributed by atoms with Gasteiger partial charge in [0.15, 0.2) is 0 Å². The number of nitrogens with zero attached hydrogens (tertiary/aromatic N) is 2. The maximum absolute atomic E-state index is 13.3. The molecule has 43 heavy (non-hydrogen) atoms. The molecule has 0 bridgehead atoms. The molecule has 3 N–H and O–H groups in total. The Balaban J connectivity index is 1.48. The van der Waals surface area contributed by atoms with Gasteiger partial charge in [0.25, 0.3) is 14.2 Å². The highest BCUT2D eigenvalue weighted by molar-refractivity contribution is 6.99. The van der Waals surface area contributed by atoms with Crippen molar-refractivity contribution in [3.8, 4) is 0 Å². The predicted molar refractivity (Wildman–Crippen MR) is 169 cm³/mol. The van der Waals surface area contributed by atoms with Crippen molar-refractivity contribution in [2.24, 2.45) is 5.90 Å². The second-order valence-electron chi connectivity index (χ2n) is 11.8. The van der Waals surface area contributed by atoms with Crippen molar-refractivity contribution < 1.29 is 18.8 Å². The van der Waals surface area contributed by atoms with Gasteiger partial charge in [-0.1, -0.05) is 99.6 Å². The Morgan fingerprint density at radius 1 is 1.00 bits per heavy atom. The normalized spacial score (nSPS) is 18.9. The highest BCUT2D eigenvalue weighted by Gasteiger charge is 2.54. The van der Waals surface area contributed by atoms with Gasteiger partial charge in [-0.3, -0.25) is 9.36 Å². The molecule has 0 unspecified atom stereocenters. The largest absolute Gasteiger partial charge is 0.402 e. The Kier molecular flexibility index (Phi) is 9.04. The Bertz CT molecular complexity index is 1550. The fourth-order valence-electron chi connectivity index (χ4n) is 5.83. The number of anilines is 1. The van der Waals surface area contributed by atoms with E-state index in [4.69, 9.17) is 19.9 Å². The highest BCUT2D eigenvalue weighted by atomic mass is 28.4. The van der Waals surface area contributed by atoms with E-state index in [0.717, 1.165) is 10.4 Å². The molecule has 0 spiro atoms. The van der Waals surface area contributed by atoms with Crippen LogP contribution < -0.4 is 27.3 Å². The average Bonchev–Trinajstić information content (AvgIpc) is 3.40. The molecule has 0 radical (unpaired) electrons. The van der Waals surface area contributed by atoms with E-state index in [2.05, 4.69) is 55.3 Å². The van der Waals surface area contributed by atoms with Crippen LogP contribution in [0, 0.1) is 6.92 Å². The van der Waals surface area contributed by atoms with Crippen LogP contribution in [0.4, 0.5) is 5.82 Å². The second kappa shape index (κ2) is 12.7. The van der Waals surface area contributed by atoms with Crippen LogP contribution in [0.15, 0.2) is 102 Å². The average molecular weight is 599 g/mol. The van der Waals surface area contributed by atoms with Gasteiger partial charge in [-0.15, -0.1) is 0 Å². The molecule has 3 aromatic carbocycles. The van der Waals surface area contributed by atoms with E-state index in [1.165, 1.54) is 4.57 Å². The molecule has 0 aliphatic carbocycles. The van der Waals surface area contributed by atoms with Gasteiger partial charge in [-0.05, 0) is 34.5 Å². The van der Waals surface area contributed by atoms with E-state index in [0.29, 0.717) is 17.5 Å². The van der Waals surface area contributed by atoms with Gasteiger partial charge in [0.1, 0.15) is 18.1 Å². The number of rotatable bonds is 9. The van der Waals surface area contributed by atoms with Gasteiger partial charge in [-0.25, -0.2) is 10.7 Å². The molecule has 3 atom stereocenters. The summed E-state index contributed by atoms with van der Waals surface area (Å²) in [5.74, 6) is 5.41. The number of aryl methyl sites for hydroxylation is 1. The van der Waals surface area contributed by atoms with Crippen LogP contribution in [0.2, 0.25) is 5.04 Å². The minimum absolute atomic E-state index is 0.0890. The number of aromatic nitrogens is 2. The predicted octanol–water partition coefficient (Wildman–Crippen LogP) is 3.93. The molecule has 4 aromatic rings. The van der Waals surface area contributed by atoms with Crippen molar-refractivity contribution in [1.29, 1.82) is 0 Å². The SMILES string of the molecule is Cc1cn([C@H]2C[C@H](O[Si](c3ccccc3)(c3ccccc3)C(C)(C)C)[C@@H](CON)O2)c(=O)nc1NC(=O)c1ccccc1. The summed E-state index contributed by atoms with van der Waals surface area (Å²) in [6.45, 7) is 8.50. The third-order valence-corrected chi connectivity index (χ3v) is 13.0. The monoisotopic (exact) mass is 598 g/mol. The molecule has 1 aliphatic rings. The highest BCUT2D eigenvalue weighted by Crippen LogP contribution is 2.41. The Hall–Kier alpha value is -3.93. The zero-order chi connectivity index (χ0) is 30.6. The maximum atomic E-state index is 13.3. The topological polar surface area (TPSA) is 118 Å². The lowest BCUT2D eigenvalue weighted by molar-refractivity contribution is -0.0617. The number of amides is 1. The molecule has 10 heteroatoms. The van der Waals surface area contributed by atoms with E-state index in [-0.39, 0.29) is 23.4 Å². The van der Waals surface area contributed by atoms with Gasteiger partial charge in [0, 0.05) is 23.7 Å². The molecule has 0 saturated carbocycles. The Labute approximate surface area is 252 Å². The first-order valence-corrected chi connectivity index (χ1v) is 16.3. The van der Waals surface area contributed by atoms with E-state index in [1.54, 1.807) is 37.4 Å². The first-order chi connectivity index (χ1) is 20.6. The van der Waals surface area contributed by atoms with Crippen molar-refractivity contribution in [3.05, 3.63) is 119 Å². The molecule has 1 aromatic heterocycles. The molecule has 1 amide bonds. The zero-order valence-corrected chi connectivity index (χ0v) is 25.9. The summed E-state index contributed by atoms with van der Waals surface area (Å²) < 4.78 is 15.2. The quantitative estimate of drug-likeness (QED) is 0.222. The number of ether oxygens (including phenoxy) is 1. The fourth-order valence-corrected chi connectivity index (χ4v) is 10.5. The van der Waals surface area contributed by atoms with Crippen molar-refractivity contribution in [2.45, 2.75) is 57.6 Å². The lowest BCUT2D eigenvalue weighted by Crippen LogP contribution is -2.68. The van der Waals surface area contributed by atoms with Gasteiger partial charge in [0.2, 0.25) is 0 Å². The number of carbonyl (C=O) groups excluding carboxylic acids is 1. The van der Waals surface area contributed by atoms with Crippen LogP contribution in [0.1, 0.15) is 49.3 Å². The van der Waals surface area contributed by atoms with Gasteiger partial charge in [0.05, 0.1) is 12.7 Å². The number of nitrogens with one attached hydrogen (secondary N) is 1. The van der Waals surface area contributed by atoms with Crippen molar-refractivity contribution >= 4 is 30.4 Å². The van der Waals surface area contributed by atoms with Crippen molar-refractivity contribution in [3.63, 3.8) is 0 Å². The number of carbonyl (C=O) groups is 1. The Morgan fingerprint density at radius 3 is 2.09 bits per heavy atom. The van der Waals surface area contributed by atoms with Crippen molar-refractivity contribution in [1.82, 2.24) is 9.55 Å². The van der Waals surface area contributed by atoms with Gasteiger partial charge < -0.3 is 19.3 Å². The molecular weight excluding hydrogens is 560 g/mol. The molecule has 224 valence electrons. The van der Waals surface area contributed by atoms with E-state index in [1.807, 2.05) is 42.5 Å². The first-order valence-electron chi connectivity index (χ1n) is 14.4. The molecule has 9 nitrogen and oxygen atoms in total. The fraction of sp³-hybridized carbons (Fsp3) is 0.303. The number of benzene rings is 3. The smallest absolute Gasteiger partial charge is 0.351 e. The lowest BCUT2D eigenvalue weighted by atomic mass is 10.2. The zero-order valence-electron chi connectivity index (χ0n) is 24.9. The summed E-state index contributed by atoms with van der Waals surface area (Å²) in [5.41, 5.74) is 0.549. The summed E-state index contributed by atoms with van der Waals surface area (Å²) in [4.78, 5) is 35.3. The maximum Gasteiger partial charge on any atom is 0.351 e. The first kappa shape index (κ1) is 30.5. The standard InChI is InChI=1S/C33H38N4O5Si/c1-23-21-37(32(39)36-30(23)35-31(38)24-14-8-5-9-15-24)29-20-27(28(41-29)22-40-34)42-43(33(2,3)4,25-16-10-6-11-17-25)26-18-12-7-13-19-26/h5-19,21,27-29H,20,22,34H2,1-4H3,(H,35,36,38,39)/t27-,28+,29+/m0/s1. The summed E-state index contributed by atoms with van der Waals surface area (Å²) in [7, 11) is -2.93. The summed E-state index contributed by atoms with van der Waals surface area (Å²) in [5, 5.41) is 4.77. The summed E-state index contributed by atoms with van der Waals surface area (Å²) >= 11 is 0. The van der Waals surface area contributed by atoms with Crippen LogP contribution in [-0.4, -0.2) is 42.6 Å². The van der Waals surface area contributed by atoms with Crippen LogP contribution in [-0.2, 0) is 14.0 Å². The Morgan fingerprint density at radius 2 is 1.56 bits per heavy atom. The number of hydrogen-bond donors (Lipinski definition) is 2. The minimum atomic E-state index is -2.93.